The molecule has 0 saturated heterocycles. The third-order valence-corrected chi connectivity index (χ3v) is 2.18. The molecule has 0 aliphatic carbocycles. The van der Waals surface area contributed by atoms with Gasteiger partial charge in [-0.3, -0.25) is 0 Å². The Labute approximate surface area is 89.6 Å². The van der Waals surface area contributed by atoms with Gasteiger partial charge in [-0.25, -0.2) is 4.98 Å². The predicted octanol–water partition coefficient (Wildman–Crippen LogP) is 3.10. The summed E-state index contributed by atoms with van der Waals surface area (Å²) in [6, 6.07) is 0. The maximum absolute atomic E-state index is 11.8. The molecular formula is C6H2BrClF3NO2. The zero-order valence-electron chi connectivity index (χ0n) is 6.27. The lowest BCUT2D eigenvalue weighted by molar-refractivity contribution is -0.275. The van der Waals surface area contributed by atoms with Gasteiger partial charge in [0, 0.05) is 0 Å². The van der Waals surface area contributed by atoms with Gasteiger partial charge in [0.1, 0.15) is 4.47 Å². The van der Waals surface area contributed by atoms with Crippen LogP contribution in [-0.4, -0.2) is 16.5 Å². The van der Waals surface area contributed by atoms with E-state index in [-0.39, 0.29) is 9.63 Å². The summed E-state index contributed by atoms with van der Waals surface area (Å²) < 4.78 is 38.5. The third kappa shape index (κ3) is 2.65. The maximum atomic E-state index is 11.8. The van der Waals surface area contributed by atoms with Gasteiger partial charge in [0.05, 0.1) is 6.20 Å². The van der Waals surface area contributed by atoms with Crippen molar-refractivity contribution in [2.75, 3.05) is 0 Å². The van der Waals surface area contributed by atoms with E-state index in [0.29, 0.717) is 0 Å². The first-order valence-corrected chi connectivity index (χ1v) is 4.27. The lowest BCUT2D eigenvalue weighted by Crippen LogP contribution is -2.17. The van der Waals surface area contributed by atoms with Crippen LogP contribution >= 0.6 is 27.5 Å². The van der Waals surface area contributed by atoms with Gasteiger partial charge in [0.25, 0.3) is 0 Å². The molecule has 1 heterocycles. The molecular weight excluding hydrogens is 290 g/mol. The molecule has 0 spiro atoms. The molecule has 1 N–H and O–H groups in total. The van der Waals surface area contributed by atoms with Crippen LogP contribution in [-0.2, 0) is 0 Å². The number of halogens is 5. The molecule has 1 aromatic rings. The third-order valence-electron chi connectivity index (χ3n) is 1.14. The van der Waals surface area contributed by atoms with Gasteiger partial charge < -0.3 is 9.84 Å². The standard InChI is InChI=1S/C6H2BrClF3NO2/c7-3-2(14-6(9,10)11)1-12-5(8)4(3)13/h1,13H. The van der Waals surface area contributed by atoms with Crippen molar-refractivity contribution in [1.82, 2.24) is 4.98 Å². The molecule has 0 aromatic carbocycles. The first-order chi connectivity index (χ1) is 6.31. The highest BCUT2D eigenvalue weighted by molar-refractivity contribution is 9.10. The van der Waals surface area contributed by atoms with E-state index >= 15 is 0 Å². The van der Waals surface area contributed by atoms with Crippen molar-refractivity contribution >= 4 is 27.5 Å². The number of rotatable bonds is 1. The number of hydrogen-bond donors (Lipinski definition) is 1. The van der Waals surface area contributed by atoms with E-state index in [0.717, 1.165) is 6.20 Å². The molecule has 0 bridgehead atoms. The number of aromatic hydroxyl groups is 1. The second-order valence-corrected chi connectivity index (χ2v) is 3.27. The zero-order valence-corrected chi connectivity index (χ0v) is 8.61. The second-order valence-electron chi connectivity index (χ2n) is 2.12. The molecule has 3 nitrogen and oxygen atoms in total. The molecule has 0 amide bonds. The monoisotopic (exact) mass is 291 g/mol. The van der Waals surface area contributed by atoms with Crippen LogP contribution < -0.4 is 4.74 Å². The summed E-state index contributed by atoms with van der Waals surface area (Å²) in [4.78, 5) is 3.28. The normalized spacial score (nSPS) is 11.5. The summed E-state index contributed by atoms with van der Waals surface area (Å²) >= 11 is 8.01. The van der Waals surface area contributed by atoms with Crippen LogP contribution in [0.25, 0.3) is 0 Å². The molecule has 0 atom stereocenters. The van der Waals surface area contributed by atoms with Crippen LogP contribution in [0.1, 0.15) is 0 Å². The molecule has 0 saturated carbocycles. The van der Waals surface area contributed by atoms with Crippen molar-refractivity contribution in [1.29, 1.82) is 0 Å². The van der Waals surface area contributed by atoms with Gasteiger partial charge in [0.2, 0.25) is 0 Å². The highest BCUT2D eigenvalue weighted by Gasteiger charge is 2.32. The van der Waals surface area contributed by atoms with Crippen LogP contribution in [0.4, 0.5) is 13.2 Å². The molecule has 78 valence electrons. The Hall–Kier alpha value is -0.690. The number of hydrogen-bond acceptors (Lipinski definition) is 3. The van der Waals surface area contributed by atoms with Crippen molar-refractivity contribution in [2.45, 2.75) is 6.36 Å². The number of nitrogens with zero attached hydrogens (tertiary/aromatic N) is 1. The van der Waals surface area contributed by atoms with Crippen molar-refractivity contribution < 1.29 is 23.0 Å². The first-order valence-electron chi connectivity index (χ1n) is 3.10. The molecule has 0 aliphatic rings. The van der Waals surface area contributed by atoms with E-state index in [1.165, 1.54) is 0 Å². The molecule has 14 heavy (non-hydrogen) atoms. The highest BCUT2D eigenvalue weighted by Crippen LogP contribution is 2.39. The van der Waals surface area contributed by atoms with E-state index < -0.39 is 17.9 Å². The first kappa shape index (κ1) is 11.4. The number of aromatic nitrogens is 1. The van der Waals surface area contributed by atoms with Crippen LogP contribution in [0.15, 0.2) is 10.7 Å². The Balaban J connectivity index is 3.06. The fraction of sp³-hybridized carbons (Fsp3) is 0.167. The van der Waals surface area contributed by atoms with Gasteiger partial charge >= 0.3 is 6.36 Å². The highest BCUT2D eigenvalue weighted by atomic mass is 79.9. The SMILES string of the molecule is Oc1c(Cl)ncc(OC(F)(F)F)c1Br. The molecule has 8 heteroatoms. The van der Waals surface area contributed by atoms with Gasteiger partial charge in [0.15, 0.2) is 16.7 Å². The van der Waals surface area contributed by atoms with Gasteiger partial charge in [-0.05, 0) is 15.9 Å². The Morgan fingerprint density at radius 3 is 2.57 bits per heavy atom. The molecule has 0 radical (unpaired) electrons. The van der Waals surface area contributed by atoms with Crippen molar-refractivity contribution in [3.05, 3.63) is 15.8 Å². The Kier molecular flexibility index (Phi) is 3.10. The Morgan fingerprint density at radius 2 is 2.07 bits per heavy atom. The minimum atomic E-state index is -4.84. The fourth-order valence-electron chi connectivity index (χ4n) is 0.636. The fourth-order valence-corrected chi connectivity index (χ4v) is 1.26. The Morgan fingerprint density at radius 1 is 1.50 bits per heavy atom. The summed E-state index contributed by atoms with van der Waals surface area (Å²) in [5.74, 6) is -1.26. The van der Waals surface area contributed by atoms with Crippen LogP contribution in [0.3, 0.4) is 0 Å². The van der Waals surface area contributed by atoms with E-state index in [1.54, 1.807) is 0 Å². The average molecular weight is 292 g/mol. The quantitative estimate of drug-likeness (QED) is 0.809. The zero-order chi connectivity index (χ0) is 10.9. The number of pyridine rings is 1. The lowest BCUT2D eigenvalue weighted by Gasteiger charge is -2.10. The lowest BCUT2D eigenvalue weighted by atomic mass is 10.4. The minimum absolute atomic E-state index is 0.296. The summed E-state index contributed by atoms with van der Waals surface area (Å²) in [7, 11) is 0. The van der Waals surface area contributed by atoms with E-state index in [2.05, 4.69) is 25.7 Å². The largest absolute Gasteiger partial charge is 0.573 e. The van der Waals surface area contributed by atoms with E-state index in [1.807, 2.05) is 0 Å². The van der Waals surface area contributed by atoms with Crippen molar-refractivity contribution in [3.8, 4) is 11.5 Å². The minimum Gasteiger partial charge on any atom is -0.504 e. The average Bonchev–Trinajstić information content (AvgIpc) is 2.04. The van der Waals surface area contributed by atoms with Gasteiger partial charge in [-0.15, -0.1) is 13.2 Å². The van der Waals surface area contributed by atoms with Gasteiger partial charge in [-0.1, -0.05) is 11.6 Å². The van der Waals surface area contributed by atoms with Gasteiger partial charge in [-0.2, -0.15) is 0 Å². The van der Waals surface area contributed by atoms with Crippen LogP contribution in [0, 0.1) is 0 Å². The molecule has 1 aromatic heterocycles. The van der Waals surface area contributed by atoms with Crippen LogP contribution in [0.2, 0.25) is 5.15 Å². The number of ether oxygens (including phenoxy) is 1. The topological polar surface area (TPSA) is 42.4 Å². The smallest absolute Gasteiger partial charge is 0.504 e. The van der Waals surface area contributed by atoms with Crippen molar-refractivity contribution in [3.63, 3.8) is 0 Å². The molecule has 0 aliphatic heterocycles. The van der Waals surface area contributed by atoms with Crippen molar-refractivity contribution in [2.24, 2.45) is 0 Å². The van der Waals surface area contributed by atoms with E-state index in [9.17, 15) is 13.2 Å². The number of alkyl halides is 3. The van der Waals surface area contributed by atoms with Crippen LogP contribution in [0.5, 0.6) is 11.5 Å². The Bertz CT molecular complexity index is 358. The molecule has 1 rings (SSSR count). The molecule has 0 unspecified atom stereocenters. The summed E-state index contributed by atoms with van der Waals surface area (Å²) in [5, 5.41) is 8.78. The molecule has 0 fully saturated rings. The summed E-state index contributed by atoms with van der Waals surface area (Å²) in [6.45, 7) is 0. The second kappa shape index (κ2) is 3.82. The summed E-state index contributed by atoms with van der Waals surface area (Å²) in [5.41, 5.74) is 0. The predicted molar refractivity (Wildman–Crippen MR) is 45.3 cm³/mol. The summed E-state index contributed by atoms with van der Waals surface area (Å²) in [6.07, 6.45) is -4.09. The van der Waals surface area contributed by atoms with E-state index in [4.69, 9.17) is 16.7 Å². The maximum Gasteiger partial charge on any atom is 0.573 e.